The quantitative estimate of drug-likeness (QED) is 0.802. The van der Waals surface area contributed by atoms with E-state index in [9.17, 15) is 4.79 Å². The molecule has 0 saturated carbocycles. The van der Waals surface area contributed by atoms with E-state index in [1.54, 1.807) is 11.3 Å². The fraction of sp³-hybridized carbons (Fsp3) is 0.545. The van der Waals surface area contributed by atoms with Crippen LogP contribution in [-0.2, 0) is 11.3 Å². The molecule has 0 aromatic carbocycles. The molecular formula is C11H18N2OS. The Morgan fingerprint density at radius 2 is 2.33 bits per heavy atom. The van der Waals surface area contributed by atoms with E-state index < -0.39 is 0 Å². The van der Waals surface area contributed by atoms with Crippen LogP contribution >= 0.6 is 11.3 Å². The van der Waals surface area contributed by atoms with E-state index in [1.807, 2.05) is 6.92 Å². The normalized spacial score (nSPS) is 12.5. The average molecular weight is 226 g/mol. The summed E-state index contributed by atoms with van der Waals surface area (Å²) in [5.41, 5.74) is 7.85. The predicted molar refractivity (Wildman–Crippen MR) is 63.7 cm³/mol. The van der Waals surface area contributed by atoms with Gasteiger partial charge in [-0.1, -0.05) is 6.92 Å². The van der Waals surface area contributed by atoms with Crippen molar-refractivity contribution in [2.24, 2.45) is 11.7 Å². The molecule has 1 heterocycles. The molecule has 0 aliphatic rings. The van der Waals surface area contributed by atoms with Gasteiger partial charge in [-0.2, -0.15) is 11.3 Å². The number of rotatable bonds is 5. The van der Waals surface area contributed by atoms with Crippen LogP contribution in [0.4, 0.5) is 0 Å². The number of hydrogen-bond donors (Lipinski definition) is 2. The molecule has 0 aliphatic carbocycles. The third-order valence-corrected chi connectivity index (χ3v) is 3.37. The van der Waals surface area contributed by atoms with Gasteiger partial charge in [-0.25, -0.2) is 0 Å². The topological polar surface area (TPSA) is 55.1 Å². The van der Waals surface area contributed by atoms with E-state index in [1.165, 1.54) is 11.1 Å². The fourth-order valence-corrected chi connectivity index (χ4v) is 2.16. The maximum atomic E-state index is 11.6. The Kier molecular flexibility index (Phi) is 4.78. The Bertz CT molecular complexity index is 322. The van der Waals surface area contributed by atoms with Crippen LogP contribution in [0.25, 0.3) is 0 Å². The van der Waals surface area contributed by atoms with Crippen LogP contribution in [0.3, 0.4) is 0 Å². The zero-order valence-corrected chi connectivity index (χ0v) is 10.1. The Morgan fingerprint density at radius 1 is 1.60 bits per heavy atom. The summed E-state index contributed by atoms with van der Waals surface area (Å²) in [6, 6.07) is 0. The van der Waals surface area contributed by atoms with Crippen LogP contribution in [-0.4, -0.2) is 12.5 Å². The summed E-state index contributed by atoms with van der Waals surface area (Å²) in [4.78, 5) is 11.6. The minimum Gasteiger partial charge on any atom is -0.352 e. The lowest BCUT2D eigenvalue weighted by Crippen LogP contribution is -2.30. The second kappa shape index (κ2) is 5.88. The minimum absolute atomic E-state index is 0.00828. The molecule has 1 aromatic rings. The van der Waals surface area contributed by atoms with Gasteiger partial charge < -0.3 is 11.1 Å². The zero-order valence-electron chi connectivity index (χ0n) is 9.25. The van der Waals surface area contributed by atoms with Crippen LogP contribution in [0.2, 0.25) is 0 Å². The average Bonchev–Trinajstić information content (AvgIpc) is 2.61. The van der Waals surface area contributed by atoms with Crippen molar-refractivity contribution in [1.82, 2.24) is 5.32 Å². The van der Waals surface area contributed by atoms with Gasteiger partial charge in [-0.3, -0.25) is 4.79 Å². The lowest BCUT2D eigenvalue weighted by molar-refractivity contribution is -0.124. The highest BCUT2D eigenvalue weighted by molar-refractivity contribution is 7.08. The van der Waals surface area contributed by atoms with Gasteiger partial charge in [0.25, 0.3) is 0 Å². The molecule has 1 rings (SSSR count). The van der Waals surface area contributed by atoms with Crippen molar-refractivity contribution in [2.45, 2.75) is 26.8 Å². The van der Waals surface area contributed by atoms with E-state index in [0.717, 1.165) is 6.42 Å². The smallest absolute Gasteiger partial charge is 0.223 e. The molecule has 0 radical (unpaired) electrons. The number of carbonyl (C=O) groups is 1. The maximum Gasteiger partial charge on any atom is 0.223 e. The first-order valence-corrected chi connectivity index (χ1v) is 6.09. The highest BCUT2D eigenvalue weighted by atomic mass is 32.1. The summed E-state index contributed by atoms with van der Waals surface area (Å²) in [5.74, 6) is 0.0972. The monoisotopic (exact) mass is 226 g/mol. The predicted octanol–water partition coefficient (Wildman–Crippen LogP) is 1.66. The van der Waals surface area contributed by atoms with Crippen LogP contribution < -0.4 is 11.1 Å². The van der Waals surface area contributed by atoms with Gasteiger partial charge in [-0.05, 0) is 41.8 Å². The van der Waals surface area contributed by atoms with E-state index >= 15 is 0 Å². The minimum atomic E-state index is 0.00828. The fourth-order valence-electron chi connectivity index (χ4n) is 1.31. The van der Waals surface area contributed by atoms with Gasteiger partial charge in [0, 0.05) is 12.5 Å². The standard InChI is InChI=1S/C11H18N2OS/c1-8(3-4-12)11(14)13-5-10-7-15-6-9(10)2/h6-8H,3-5,12H2,1-2H3,(H,13,14). The Labute approximate surface area is 94.7 Å². The molecule has 0 spiro atoms. The lowest BCUT2D eigenvalue weighted by atomic mass is 10.1. The molecule has 1 atom stereocenters. The van der Waals surface area contributed by atoms with Gasteiger partial charge >= 0.3 is 0 Å². The Balaban J connectivity index is 2.37. The molecule has 84 valence electrons. The molecule has 0 aliphatic heterocycles. The van der Waals surface area contributed by atoms with Gasteiger partial charge in [-0.15, -0.1) is 0 Å². The summed E-state index contributed by atoms with van der Waals surface area (Å²) in [6.07, 6.45) is 0.744. The SMILES string of the molecule is Cc1cscc1CNC(=O)C(C)CCN. The van der Waals surface area contributed by atoms with Crippen LogP contribution in [0.5, 0.6) is 0 Å². The molecule has 1 amide bonds. The first-order valence-electron chi connectivity index (χ1n) is 5.14. The molecular weight excluding hydrogens is 208 g/mol. The second-order valence-electron chi connectivity index (χ2n) is 3.78. The zero-order chi connectivity index (χ0) is 11.3. The first-order chi connectivity index (χ1) is 7.15. The van der Waals surface area contributed by atoms with Crippen LogP contribution in [0.1, 0.15) is 24.5 Å². The molecule has 0 fully saturated rings. The van der Waals surface area contributed by atoms with Crippen molar-refractivity contribution >= 4 is 17.2 Å². The molecule has 4 heteroatoms. The van der Waals surface area contributed by atoms with E-state index in [0.29, 0.717) is 13.1 Å². The van der Waals surface area contributed by atoms with Crippen molar-refractivity contribution in [3.8, 4) is 0 Å². The number of nitrogens with one attached hydrogen (secondary N) is 1. The first kappa shape index (κ1) is 12.2. The van der Waals surface area contributed by atoms with Gasteiger partial charge in [0.05, 0.1) is 0 Å². The summed E-state index contributed by atoms with van der Waals surface area (Å²) >= 11 is 1.67. The molecule has 3 N–H and O–H groups in total. The van der Waals surface area contributed by atoms with Gasteiger partial charge in [0.1, 0.15) is 0 Å². The van der Waals surface area contributed by atoms with Gasteiger partial charge in [0.2, 0.25) is 5.91 Å². The molecule has 3 nitrogen and oxygen atoms in total. The highest BCUT2D eigenvalue weighted by Crippen LogP contribution is 2.13. The van der Waals surface area contributed by atoms with Crippen molar-refractivity contribution in [3.63, 3.8) is 0 Å². The maximum absolute atomic E-state index is 11.6. The summed E-state index contributed by atoms with van der Waals surface area (Å²) < 4.78 is 0. The summed E-state index contributed by atoms with van der Waals surface area (Å²) in [7, 11) is 0. The molecule has 0 bridgehead atoms. The largest absolute Gasteiger partial charge is 0.352 e. The highest BCUT2D eigenvalue weighted by Gasteiger charge is 2.11. The van der Waals surface area contributed by atoms with Gasteiger partial charge in [0.15, 0.2) is 0 Å². The number of carbonyl (C=O) groups excluding carboxylic acids is 1. The summed E-state index contributed by atoms with van der Waals surface area (Å²) in [5, 5.41) is 7.08. The van der Waals surface area contributed by atoms with Crippen LogP contribution in [0, 0.1) is 12.8 Å². The summed E-state index contributed by atoms with van der Waals surface area (Å²) in [6.45, 7) is 5.15. The van der Waals surface area contributed by atoms with E-state index in [2.05, 4.69) is 23.0 Å². The Hall–Kier alpha value is -0.870. The third-order valence-electron chi connectivity index (χ3n) is 2.46. The molecule has 15 heavy (non-hydrogen) atoms. The molecule has 1 aromatic heterocycles. The molecule has 1 unspecified atom stereocenters. The van der Waals surface area contributed by atoms with Crippen molar-refractivity contribution < 1.29 is 4.79 Å². The lowest BCUT2D eigenvalue weighted by Gasteiger charge is -2.10. The van der Waals surface area contributed by atoms with Crippen molar-refractivity contribution in [1.29, 1.82) is 0 Å². The number of amides is 1. The number of nitrogens with two attached hydrogens (primary N) is 1. The third kappa shape index (κ3) is 3.64. The number of aryl methyl sites for hydroxylation is 1. The molecule has 0 saturated heterocycles. The second-order valence-corrected chi connectivity index (χ2v) is 4.52. The van der Waals surface area contributed by atoms with Crippen LogP contribution in [0.15, 0.2) is 10.8 Å². The van der Waals surface area contributed by atoms with E-state index in [-0.39, 0.29) is 11.8 Å². The van der Waals surface area contributed by atoms with Crippen molar-refractivity contribution in [2.75, 3.05) is 6.54 Å². The Morgan fingerprint density at radius 3 is 2.87 bits per heavy atom. The van der Waals surface area contributed by atoms with E-state index in [4.69, 9.17) is 5.73 Å². The number of thiophene rings is 1. The number of hydrogen-bond acceptors (Lipinski definition) is 3. The van der Waals surface area contributed by atoms with Crippen molar-refractivity contribution in [3.05, 3.63) is 21.9 Å².